The minimum Gasteiger partial charge on any atom is -0.465 e. The van der Waals surface area contributed by atoms with Crippen molar-refractivity contribution < 1.29 is 23.9 Å². The number of ether oxygens (including phenoxy) is 2. The van der Waals surface area contributed by atoms with Crippen LogP contribution in [0.1, 0.15) is 50.8 Å². The summed E-state index contributed by atoms with van der Waals surface area (Å²) in [5.41, 5.74) is 2.31. The number of carbonyl (C=O) groups excluding carboxylic acids is 3. The van der Waals surface area contributed by atoms with Crippen LogP contribution in [0.25, 0.3) is 0 Å². The second kappa shape index (κ2) is 8.64. The van der Waals surface area contributed by atoms with Crippen LogP contribution in [0.5, 0.6) is 0 Å². The molecule has 3 heterocycles. The van der Waals surface area contributed by atoms with Crippen LogP contribution >= 0.6 is 11.3 Å². The first-order valence-electron chi connectivity index (χ1n) is 9.39. The molecule has 156 valence electrons. The monoisotopic (exact) mass is 420 g/mol. The molecule has 1 N–H and O–H groups in total. The van der Waals surface area contributed by atoms with Crippen molar-refractivity contribution in [1.29, 1.82) is 0 Å². The quantitative estimate of drug-likeness (QED) is 0.746. The van der Waals surface area contributed by atoms with E-state index < -0.39 is 5.97 Å². The number of aromatic nitrogens is 2. The van der Waals surface area contributed by atoms with Crippen molar-refractivity contribution in [3.8, 4) is 0 Å². The Morgan fingerprint density at radius 3 is 2.72 bits per heavy atom. The van der Waals surface area contributed by atoms with Gasteiger partial charge in [-0.25, -0.2) is 9.59 Å². The number of fused-ring (bicyclic) bond motifs is 1. The molecular weight excluding hydrogens is 396 g/mol. The Hall–Kier alpha value is -2.88. The second-order valence-corrected chi connectivity index (χ2v) is 7.62. The molecule has 0 spiro atoms. The number of anilines is 1. The fourth-order valence-electron chi connectivity index (χ4n) is 3.32. The number of esters is 1. The molecule has 1 aliphatic heterocycles. The summed E-state index contributed by atoms with van der Waals surface area (Å²) in [5, 5.41) is 7.54. The van der Waals surface area contributed by atoms with Crippen LogP contribution in [0.4, 0.5) is 9.80 Å². The van der Waals surface area contributed by atoms with E-state index in [0.29, 0.717) is 48.9 Å². The van der Waals surface area contributed by atoms with E-state index in [9.17, 15) is 14.4 Å². The number of carbonyl (C=O) groups is 3. The van der Waals surface area contributed by atoms with Gasteiger partial charge in [0, 0.05) is 18.0 Å². The van der Waals surface area contributed by atoms with Crippen molar-refractivity contribution in [2.45, 2.75) is 40.3 Å². The normalized spacial score (nSPS) is 13.0. The molecule has 2 amide bonds. The smallest absolute Gasteiger partial charge is 0.410 e. The summed E-state index contributed by atoms with van der Waals surface area (Å²) in [6.45, 7) is 7.08. The first kappa shape index (κ1) is 20.8. The third-order valence-corrected chi connectivity index (χ3v) is 5.77. The molecule has 0 unspecified atom stereocenters. The lowest BCUT2D eigenvalue weighted by atomic mass is 10.0. The summed E-state index contributed by atoms with van der Waals surface area (Å²) >= 11 is 1.28. The summed E-state index contributed by atoms with van der Waals surface area (Å²) in [6.07, 6.45) is 0.0933. The summed E-state index contributed by atoms with van der Waals surface area (Å²) in [6, 6.07) is 1.70. The number of methoxy groups -OCH3 is 1. The number of hydrogen-bond acceptors (Lipinski definition) is 7. The highest BCUT2D eigenvalue weighted by Crippen LogP contribution is 2.38. The van der Waals surface area contributed by atoms with E-state index in [1.54, 1.807) is 22.6 Å². The molecule has 0 saturated carbocycles. The molecule has 2 aromatic heterocycles. The minimum atomic E-state index is -0.512. The van der Waals surface area contributed by atoms with Gasteiger partial charge in [0.1, 0.15) is 10.7 Å². The standard InChI is InChI=1S/C19H24N4O5S/c1-5-23-13(9-11(3)21-23)16(24)20-17-15(18(25)27-4)12-7-8-22(10-14(12)29-17)19(26)28-6-2/h9H,5-8,10H2,1-4H3,(H,20,24). The highest BCUT2D eigenvalue weighted by atomic mass is 32.1. The molecule has 29 heavy (non-hydrogen) atoms. The van der Waals surface area contributed by atoms with E-state index in [2.05, 4.69) is 10.4 Å². The van der Waals surface area contributed by atoms with Gasteiger partial charge in [0.15, 0.2) is 0 Å². The lowest BCUT2D eigenvalue weighted by molar-refractivity contribution is 0.0600. The first-order chi connectivity index (χ1) is 13.9. The third kappa shape index (κ3) is 4.12. The average molecular weight is 420 g/mol. The number of nitrogens with zero attached hydrogens (tertiary/aromatic N) is 3. The summed E-state index contributed by atoms with van der Waals surface area (Å²) < 4.78 is 11.6. The van der Waals surface area contributed by atoms with Crippen LogP contribution in [0.3, 0.4) is 0 Å². The molecule has 1 aliphatic rings. The van der Waals surface area contributed by atoms with Crippen LogP contribution in [-0.2, 0) is 29.0 Å². The van der Waals surface area contributed by atoms with Gasteiger partial charge in [0.25, 0.3) is 5.91 Å². The molecule has 0 aromatic carbocycles. The lowest BCUT2D eigenvalue weighted by Crippen LogP contribution is -2.36. The van der Waals surface area contributed by atoms with E-state index in [1.165, 1.54) is 18.4 Å². The van der Waals surface area contributed by atoms with E-state index in [1.807, 2.05) is 13.8 Å². The van der Waals surface area contributed by atoms with Gasteiger partial charge >= 0.3 is 12.1 Å². The molecule has 0 radical (unpaired) electrons. The van der Waals surface area contributed by atoms with Gasteiger partial charge in [-0.05, 0) is 38.8 Å². The predicted molar refractivity (Wildman–Crippen MR) is 107 cm³/mol. The summed E-state index contributed by atoms with van der Waals surface area (Å²) in [5.74, 6) is -0.860. The van der Waals surface area contributed by atoms with Gasteiger partial charge in [0.05, 0.1) is 31.5 Å². The van der Waals surface area contributed by atoms with Gasteiger partial charge in [0.2, 0.25) is 0 Å². The van der Waals surface area contributed by atoms with E-state index in [0.717, 1.165) is 16.1 Å². The van der Waals surface area contributed by atoms with Gasteiger partial charge in [-0.3, -0.25) is 9.48 Å². The van der Waals surface area contributed by atoms with Crippen molar-refractivity contribution in [3.05, 3.63) is 33.5 Å². The Morgan fingerprint density at radius 2 is 2.07 bits per heavy atom. The lowest BCUT2D eigenvalue weighted by Gasteiger charge is -2.26. The van der Waals surface area contributed by atoms with Crippen LogP contribution < -0.4 is 5.32 Å². The summed E-state index contributed by atoms with van der Waals surface area (Å²) in [4.78, 5) is 39.8. The average Bonchev–Trinajstić information content (AvgIpc) is 3.26. The number of nitrogens with one attached hydrogen (secondary N) is 1. The molecule has 10 heteroatoms. The SMILES string of the molecule is CCOC(=O)N1CCc2c(sc(NC(=O)c3cc(C)nn3CC)c2C(=O)OC)C1. The zero-order chi connectivity index (χ0) is 21.1. The van der Waals surface area contributed by atoms with E-state index in [4.69, 9.17) is 9.47 Å². The van der Waals surface area contributed by atoms with Gasteiger partial charge in [-0.15, -0.1) is 11.3 Å². The van der Waals surface area contributed by atoms with Crippen molar-refractivity contribution in [3.63, 3.8) is 0 Å². The number of rotatable bonds is 5. The Morgan fingerprint density at radius 1 is 1.31 bits per heavy atom. The Kier molecular flexibility index (Phi) is 6.21. The molecule has 9 nitrogen and oxygen atoms in total. The van der Waals surface area contributed by atoms with Gasteiger partial charge < -0.3 is 19.7 Å². The second-order valence-electron chi connectivity index (χ2n) is 6.51. The first-order valence-corrected chi connectivity index (χ1v) is 10.2. The Balaban J connectivity index is 1.92. The van der Waals surface area contributed by atoms with Crippen LogP contribution in [0, 0.1) is 6.92 Å². The zero-order valence-corrected chi connectivity index (χ0v) is 17.7. The largest absolute Gasteiger partial charge is 0.465 e. The predicted octanol–water partition coefficient (Wildman–Crippen LogP) is 2.83. The fourth-order valence-corrected chi connectivity index (χ4v) is 4.56. The van der Waals surface area contributed by atoms with Gasteiger partial charge in [-0.2, -0.15) is 5.10 Å². The highest BCUT2D eigenvalue weighted by molar-refractivity contribution is 7.17. The highest BCUT2D eigenvalue weighted by Gasteiger charge is 2.31. The number of amides is 2. The zero-order valence-electron chi connectivity index (χ0n) is 16.9. The fraction of sp³-hybridized carbons (Fsp3) is 0.474. The van der Waals surface area contributed by atoms with Crippen molar-refractivity contribution in [1.82, 2.24) is 14.7 Å². The molecule has 0 fully saturated rings. The number of thiophene rings is 1. The summed E-state index contributed by atoms with van der Waals surface area (Å²) in [7, 11) is 1.31. The molecular formula is C19H24N4O5S. The molecule has 0 aliphatic carbocycles. The van der Waals surface area contributed by atoms with E-state index in [-0.39, 0.29) is 12.0 Å². The molecule has 0 atom stereocenters. The van der Waals surface area contributed by atoms with Crippen molar-refractivity contribution >= 4 is 34.3 Å². The molecule has 0 saturated heterocycles. The van der Waals surface area contributed by atoms with Crippen LogP contribution in [0.15, 0.2) is 6.07 Å². The maximum atomic E-state index is 12.8. The van der Waals surface area contributed by atoms with Crippen molar-refractivity contribution in [2.24, 2.45) is 0 Å². The van der Waals surface area contributed by atoms with Crippen LogP contribution in [0.2, 0.25) is 0 Å². The minimum absolute atomic E-state index is 0.297. The molecule has 2 aromatic rings. The topological polar surface area (TPSA) is 103 Å². The van der Waals surface area contributed by atoms with Gasteiger partial charge in [-0.1, -0.05) is 0 Å². The molecule has 3 rings (SSSR count). The maximum absolute atomic E-state index is 12.8. The number of aryl methyl sites for hydroxylation is 2. The third-order valence-electron chi connectivity index (χ3n) is 4.63. The maximum Gasteiger partial charge on any atom is 0.410 e. The van der Waals surface area contributed by atoms with Crippen LogP contribution in [-0.4, -0.2) is 52.9 Å². The molecule has 0 bridgehead atoms. The Bertz CT molecular complexity index is 949. The Labute approximate surface area is 172 Å². The van der Waals surface area contributed by atoms with E-state index >= 15 is 0 Å². The van der Waals surface area contributed by atoms with Crippen molar-refractivity contribution in [2.75, 3.05) is 25.6 Å². The number of hydrogen-bond donors (Lipinski definition) is 1.